The third-order valence-electron chi connectivity index (χ3n) is 1.91. The zero-order valence-corrected chi connectivity index (χ0v) is 10.7. The summed E-state index contributed by atoms with van der Waals surface area (Å²) in [6.45, 7) is 2.58. The highest BCUT2D eigenvalue weighted by molar-refractivity contribution is 7.14. The number of amides is 3. The van der Waals surface area contributed by atoms with E-state index in [2.05, 4.69) is 20.9 Å². The van der Waals surface area contributed by atoms with E-state index in [0.29, 0.717) is 31.1 Å². The number of hydrogen-bond acceptors (Lipinski definition) is 5. The third-order valence-corrected chi connectivity index (χ3v) is 2.79. The maximum absolute atomic E-state index is 11.4. The predicted molar refractivity (Wildman–Crippen MR) is 67.2 cm³/mol. The number of thiazole rings is 1. The molecule has 0 aliphatic rings. The van der Waals surface area contributed by atoms with Crippen LogP contribution in [0.5, 0.6) is 0 Å². The number of rotatable bonds is 6. The average molecular weight is 270 g/mol. The van der Waals surface area contributed by atoms with Crippen LogP contribution in [0.1, 0.15) is 12.1 Å². The van der Waals surface area contributed by atoms with Crippen molar-refractivity contribution in [3.63, 3.8) is 0 Å². The van der Waals surface area contributed by atoms with E-state index in [-0.39, 0.29) is 0 Å². The average Bonchev–Trinajstić information content (AvgIpc) is 2.74. The number of aromatic nitrogens is 1. The Morgan fingerprint density at radius 2 is 2.17 bits per heavy atom. The van der Waals surface area contributed by atoms with Crippen molar-refractivity contribution >= 4 is 34.7 Å². The Labute approximate surface area is 108 Å². The monoisotopic (exact) mass is 270 g/mol. The van der Waals surface area contributed by atoms with Crippen LogP contribution in [-0.2, 0) is 14.4 Å². The van der Waals surface area contributed by atoms with Crippen LogP contribution in [0.25, 0.3) is 0 Å². The summed E-state index contributed by atoms with van der Waals surface area (Å²) in [5.74, 6) is -1.46. The van der Waals surface area contributed by atoms with Gasteiger partial charge in [0.1, 0.15) is 0 Å². The van der Waals surface area contributed by atoms with E-state index in [4.69, 9.17) is 0 Å². The summed E-state index contributed by atoms with van der Waals surface area (Å²) in [6, 6.07) is 0. The van der Waals surface area contributed by atoms with Crippen molar-refractivity contribution in [1.82, 2.24) is 15.6 Å². The molecule has 0 saturated heterocycles. The molecule has 1 aromatic heterocycles. The number of nitrogens with one attached hydrogen (secondary N) is 3. The van der Waals surface area contributed by atoms with E-state index in [1.54, 1.807) is 12.3 Å². The molecule has 18 heavy (non-hydrogen) atoms. The van der Waals surface area contributed by atoms with Gasteiger partial charge in [0.05, 0.1) is 5.69 Å². The van der Waals surface area contributed by atoms with Crippen molar-refractivity contribution < 1.29 is 14.4 Å². The van der Waals surface area contributed by atoms with Crippen LogP contribution in [0.4, 0.5) is 5.13 Å². The van der Waals surface area contributed by atoms with Gasteiger partial charge in [-0.2, -0.15) is 0 Å². The molecule has 0 saturated carbocycles. The predicted octanol–water partition coefficient (Wildman–Crippen LogP) is -0.358. The fraction of sp³-hybridized carbons (Fsp3) is 0.400. The first-order valence-corrected chi connectivity index (χ1v) is 6.20. The molecule has 1 heterocycles. The summed E-state index contributed by atoms with van der Waals surface area (Å²) in [5, 5.41) is 9.47. The molecule has 0 aliphatic heterocycles. The van der Waals surface area contributed by atoms with Crippen LogP contribution in [0.3, 0.4) is 0 Å². The van der Waals surface area contributed by atoms with Crippen LogP contribution in [0.15, 0.2) is 5.38 Å². The molecule has 0 unspecified atom stereocenters. The van der Waals surface area contributed by atoms with Crippen LogP contribution in [-0.4, -0.2) is 36.3 Å². The van der Waals surface area contributed by atoms with Gasteiger partial charge in [-0.1, -0.05) is 0 Å². The fourth-order valence-electron chi connectivity index (χ4n) is 1.10. The van der Waals surface area contributed by atoms with Crippen molar-refractivity contribution in [3.05, 3.63) is 11.1 Å². The van der Waals surface area contributed by atoms with Gasteiger partial charge in [-0.05, 0) is 13.3 Å². The Morgan fingerprint density at radius 1 is 1.39 bits per heavy atom. The molecule has 0 fully saturated rings. The molecule has 7 nitrogen and oxygen atoms in total. The Morgan fingerprint density at radius 3 is 2.78 bits per heavy atom. The van der Waals surface area contributed by atoms with Gasteiger partial charge < -0.3 is 10.6 Å². The molecule has 1 aromatic rings. The van der Waals surface area contributed by atoms with Gasteiger partial charge >= 0.3 is 11.8 Å². The van der Waals surface area contributed by atoms with Crippen molar-refractivity contribution in [1.29, 1.82) is 0 Å². The van der Waals surface area contributed by atoms with Crippen LogP contribution in [0.2, 0.25) is 0 Å². The quantitative estimate of drug-likeness (QED) is 0.373. The van der Waals surface area contributed by atoms with Gasteiger partial charge in [-0.25, -0.2) is 4.98 Å². The first-order valence-electron chi connectivity index (χ1n) is 5.32. The summed E-state index contributed by atoms with van der Waals surface area (Å²) in [6.07, 6.45) is 1.15. The van der Waals surface area contributed by atoms with E-state index in [1.807, 2.05) is 0 Å². The summed E-state index contributed by atoms with van der Waals surface area (Å²) in [4.78, 5) is 36.7. The second-order valence-electron chi connectivity index (χ2n) is 3.43. The minimum Gasteiger partial charge on any atom is -0.359 e. The normalized spacial score (nSPS) is 9.61. The van der Waals surface area contributed by atoms with Gasteiger partial charge in [0.2, 0.25) is 6.41 Å². The molecule has 0 aromatic carbocycles. The minimum atomic E-state index is -0.743. The molecule has 98 valence electrons. The van der Waals surface area contributed by atoms with Gasteiger partial charge in [-0.3, -0.25) is 19.7 Å². The SMILES string of the molecule is Cc1csc(NC(=O)C(=O)NCCCNC=O)n1. The lowest BCUT2D eigenvalue weighted by Gasteiger charge is -2.04. The topological polar surface area (TPSA) is 100 Å². The minimum absolute atomic E-state index is 0.323. The van der Waals surface area contributed by atoms with Gasteiger partial charge in [0.15, 0.2) is 5.13 Å². The first kappa shape index (κ1) is 14.1. The Hall–Kier alpha value is -1.96. The Bertz CT molecular complexity index is 433. The van der Waals surface area contributed by atoms with Crippen LogP contribution >= 0.6 is 11.3 Å². The smallest absolute Gasteiger partial charge is 0.315 e. The number of anilines is 1. The second kappa shape index (κ2) is 7.38. The lowest BCUT2D eigenvalue weighted by molar-refractivity contribution is -0.136. The number of hydrogen-bond donors (Lipinski definition) is 3. The van der Waals surface area contributed by atoms with Crippen molar-refractivity contribution in [3.8, 4) is 0 Å². The molecule has 0 spiro atoms. The van der Waals surface area contributed by atoms with Crippen molar-refractivity contribution in [2.24, 2.45) is 0 Å². The van der Waals surface area contributed by atoms with Gasteiger partial charge in [0, 0.05) is 18.5 Å². The van der Waals surface area contributed by atoms with E-state index in [9.17, 15) is 14.4 Å². The zero-order valence-electron chi connectivity index (χ0n) is 9.86. The zero-order chi connectivity index (χ0) is 13.4. The molecular formula is C10H14N4O3S. The van der Waals surface area contributed by atoms with Crippen LogP contribution < -0.4 is 16.0 Å². The Balaban J connectivity index is 2.24. The molecule has 3 amide bonds. The van der Waals surface area contributed by atoms with Crippen molar-refractivity contribution in [2.45, 2.75) is 13.3 Å². The molecule has 0 bridgehead atoms. The lowest BCUT2D eigenvalue weighted by Crippen LogP contribution is -2.36. The maximum atomic E-state index is 11.4. The largest absolute Gasteiger partial charge is 0.359 e. The highest BCUT2D eigenvalue weighted by atomic mass is 32.1. The Kier molecular flexibility index (Phi) is 5.78. The molecule has 0 radical (unpaired) electrons. The summed E-state index contributed by atoms with van der Waals surface area (Å²) < 4.78 is 0. The molecule has 8 heteroatoms. The molecular weight excluding hydrogens is 256 g/mol. The second-order valence-corrected chi connectivity index (χ2v) is 4.29. The van der Waals surface area contributed by atoms with Crippen LogP contribution in [0, 0.1) is 6.92 Å². The fourth-order valence-corrected chi connectivity index (χ4v) is 1.78. The number of carbonyl (C=O) groups is 3. The lowest BCUT2D eigenvalue weighted by atomic mass is 10.4. The first-order chi connectivity index (χ1) is 8.63. The van der Waals surface area contributed by atoms with Gasteiger partial charge in [0.25, 0.3) is 0 Å². The summed E-state index contributed by atoms with van der Waals surface area (Å²) >= 11 is 1.26. The third kappa shape index (κ3) is 4.91. The summed E-state index contributed by atoms with van der Waals surface area (Å²) in [5.41, 5.74) is 0.788. The van der Waals surface area contributed by atoms with E-state index < -0.39 is 11.8 Å². The molecule has 1 rings (SSSR count). The van der Waals surface area contributed by atoms with E-state index in [1.165, 1.54) is 11.3 Å². The number of carbonyl (C=O) groups excluding carboxylic acids is 3. The summed E-state index contributed by atoms with van der Waals surface area (Å²) in [7, 11) is 0. The number of aryl methyl sites for hydroxylation is 1. The van der Waals surface area contributed by atoms with Crippen molar-refractivity contribution in [2.75, 3.05) is 18.4 Å². The van der Waals surface area contributed by atoms with E-state index in [0.717, 1.165) is 5.69 Å². The molecule has 0 atom stereocenters. The van der Waals surface area contributed by atoms with E-state index >= 15 is 0 Å². The molecule has 3 N–H and O–H groups in total. The maximum Gasteiger partial charge on any atom is 0.315 e. The standard InChI is InChI=1S/C10H14N4O3S/c1-7-5-18-10(13-7)14-9(17)8(16)12-4-2-3-11-6-15/h5-6H,2-4H2,1H3,(H,11,15)(H,12,16)(H,13,14,17). The van der Waals surface area contributed by atoms with Gasteiger partial charge in [-0.15, -0.1) is 11.3 Å². The number of nitrogens with zero attached hydrogens (tertiary/aromatic N) is 1. The molecule has 0 aliphatic carbocycles. The highest BCUT2D eigenvalue weighted by Gasteiger charge is 2.14. The highest BCUT2D eigenvalue weighted by Crippen LogP contribution is 2.13.